The van der Waals surface area contributed by atoms with Gasteiger partial charge >= 0.3 is 5.97 Å². The highest BCUT2D eigenvalue weighted by molar-refractivity contribution is 5.76. The van der Waals surface area contributed by atoms with Gasteiger partial charge in [-0.1, -0.05) is 275 Å². The number of carbonyl (C=O) groups excluding carboxylic acids is 2. The molecule has 0 bridgehead atoms. The van der Waals surface area contributed by atoms with E-state index >= 15 is 0 Å². The van der Waals surface area contributed by atoms with Crippen molar-refractivity contribution in [1.29, 1.82) is 0 Å². The van der Waals surface area contributed by atoms with Crippen LogP contribution in [0.3, 0.4) is 0 Å². The predicted molar refractivity (Wildman–Crippen MR) is 306 cm³/mol. The molecule has 0 fully saturated rings. The Bertz CT molecular complexity index is 1130. The lowest BCUT2D eigenvalue weighted by molar-refractivity contribution is -0.143. The second-order valence-electron chi connectivity index (χ2n) is 21.4. The number of carbonyl (C=O) groups is 2. The molecule has 2 atom stereocenters. The number of amides is 1. The van der Waals surface area contributed by atoms with Crippen molar-refractivity contribution >= 4 is 11.9 Å². The summed E-state index contributed by atoms with van der Waals surface area (Å²) in [5.74, 6) is -0.0803. The number of unbranched alkanes of at least 4 members (excludes halogenated alkanes) is 43. The molecule has 1 amide bonds. The quantitative estimate of drug-likeness (QED) is 0.0321. The van der Waals surface area contributed by atoms with Gasteiger partial charge in [0.2, 0.25) is 5.91 Å². The second-order valence-corrected chi connectivity index (χ2v) is 21.4. The summed E-state index contributed by atoms with van der Waals surface area (Å²) < 4.78 is 5.47. The Balaban J connectivity index is 3.47. The normalized spacial score (nSPS) is 12.8. The standard InChI is InChI=1S/C64H121NO5/c1-3-5-7-9-11-13-15-17-19-20-22-25-29-32-36-40-44-48-52-56-62(67)61(60-66)65-63(68)57-53-49-45-41-37-33-30-26-23-21-24-27-31-35-39-43-47-51-55-59-70-64(69)58-54-50-46-42-38-34-28-18-16-14-12-10-8-6-4-2/h18,21,23,28,52,56,61-62,66-67H,3-17,19-20,22,24-27,29-51,53-55,57-60H2,1-2H3,(H,65,68)/b23-21-,28-18-,56-52+. The molecule has 0 rings (SSSR count). The SMILES string of the molecule is CCCCCCCC/C=C\CCCCCCCC(=O)OCCCCCCCCCC/C=C\CCCCCCCCCC(=O)NC(CO)C(O)/C=C/CCCCCCCCCCCCCCCCCCC. The van der Waals surface area contributed by atoms with Gasteiger partial charge in [-0.25, -0.2) is 0 Å². The number of ether oxygens (including phenoxy) is 1. The van der Waals surface area contributed by atoms with Crippen LogP contribution in [0.2, 0.25) is 0 Å². The monoisotopic (exact) mass is 984 g/mol. The van der Waals surface area contributed by atoms with E-state index in [9.17, 15) is 19.8 Å². The zero-order chi connectivity index (χ0) is 50.7. The summed E-state index contributed by atoms with van der Waals surface area (Å²) in [5, 5.41) is 23.2. The van der Waals surface area contributed by atoms with Gasteiger partial charge in [0.05, 0.1) is 25.4 Å². The fraction of sp³-hybridized carbons (Fsp3) is 0.875. The van der Waals surface area contributed by atoms with Crippen LogP contribution in [0.4, 0.5) is 0 Å². The van der Waals surface area contributed by atoms with Gasteiger partial charge < -0.3 is 20.3 Å². The molecule has 0 aromatic heterocycles. The van der Waals surface area contributed by atoms with E-state index < -0.39 is 12.1 Å². The third kappa shape index (κ3) is 55.4. The maximum absolute atomic E-state index is 12.5. The van der Waals surface area contributed by atoms with Crippen LogP contribution in [0.15, 0.2) is 36.5 Å². The molecule has 6 heteroatoms. The number of nitrogens with one attached hydrogen (secondary N) is 1. The molecule has 0 heterocycles. The minimum Gasteiger partial charge on any atom is -0.466 e. The molecule has 0 aromatic carbocycles. The molecule has 0 aliphatic carbocycles. The van der Waals surface area contributed by atoms with Crippen LogP contribution >= 0.6 is 0 Å². The molecular formula is C64H121NO5. The predicted octanol–water partition coefficient (Wildman–Crippen LogP) is 19.6. The van der Waals surface area contributed by atoms with Crippen molar-refractivity contribution in [2.45, 2.75) is 347 Å². The van der Waals surface area contributed by atoms with Crippen LogP contribution in [0.25, 0.3) is 0 Å². The lowest BCUT2D eigenvalue weighted by Crippen LogP contribution is -2.45. The van der Waals surface area contributed by atoms with E-state index in [0.717, 1.165) is 51.4 Å². The van der Waals surface area contributed by atoms with E-state index in [1.807, 2.05) is 6.08 Å². The fourth-order valence-corrected chi connectivity index (χ4v) is 9.57. The Labute approximate surface area is 436 Å². The summed E-state index contributed by atoms with van der Waals surface area (Å²) in [6.07, 6.45) is 74.6. The molecule has 0 radical (unpaired) electrons. The Morgan fingerprint density at radius 3 is 1.01 bits per heavy atom. The van der Waals surface area contributed by atoms with Crippen LogP contribution < -0.4 is 5.32 Å². The fourth-order valence-electron chi connectivity index (χ4n) is 9.57. The lowest BCUT2D eigenvalue weighted by atomic mass is 10.0. The van der Waals surface area contributed by atoms with Gasteiger partial charge in [-0.3, -0.25) is 9.59 Å². The van der Waals surface area contributed by atoms with Crippen LogP contribution in [0.5, 0.6) is 0 Å². The van der Waals surface area contributed by atoms with Gasteiger partial charge in [0, 0.05) is 12.8 Å². The van der Waals surface area contributed by atoms with Crippen molar-refractivity contribution in [3.8, 4) is 0 Å². The van der Waals surface area contributed by atoms with E-state index in [2.05, 4.69) is 43.5 Å². The Kier molecular flexibility index (Phi) is 58.0. The molecule has 3 N–H and O–H groups in total. The first-order valence-electron chi connectivity index (χ1n) is 31.3. The zero-order valence-corrected chi connectivity index (χ0v) is 47.0. The third-order valence-electron chi connectivity index (χ3n) is 14.4. The third-order valence-corrected chi connectivity index (χ3v) is 14.4. The molecule has 0 aromatic rings. The summed E-state index contributed by atoms with van der Waals surface area (Å²) in [6, 6.07) is -0.636. The smallest absolute Gasteiger partial charge is 0.305 e. The summed E-state index contributed by atoms with van der Waals surface area (Å²) in [7, 11) is 0. The molecule has 0 saturated carbocycles. The minimum absolute atomic E-state index is 0.00458. The molecular weight excluding hydrogens is 863 g/mol. The molecule has 0 saturated heterocycles. The molecule has 0 spiro atoms. The number of rotatable bonds is 58. The second kappa shape index (κ2) is 59.6. The van der Waals surface area contributed by atoms with E-state index in [1.165, 1.54) is 257 Å². The molecule has 70 heavy (non-hydrogen) atoms. The zero-order valence-electron chi connectivity index (χ0n) is 47.0. The summed E-state index contributed by atoms with van der Waals surface area (Å²) in [4.78, 5) is 24.5. The van der Waals surface area contributed by atoms with Gasteiger partial charge in [0.25, 0.3) is 0 Å². The first-order chi connectivity index (χ1) is 34.5. The highest BCUT2D eigenvalue weighted by Gasteiger charge is 2.18. The number of aliphatic hydroxyl groups is 2. The van der Waals surface area contributed by atoms with Gasteiger partial charge in [0.15, 0.2) is 0 Å². The number of hydrogen-bond donors (Lipinski definition) is 3. The highest BCUT2D eigenvalue weighted by Crippen LogP contribution is 2.17. The maximum Gasteiger partial charge on any atom is 0.305 e. The van der Waals surface area contributed by atoms with Gasteiger partial charge in [-0.15, -0.1) is 0 Å². The van der Waals surface area contributed by atoms with Crippen molar-refractivity contribution < 1.29 is 24.5 Å². The Hall–Kier alpha value is -1.92. The summed E-state index contributed by atoms with van der Waals surface area (Å²) in [6.45, 7) is 4.90. The average molecular weight is 985 g/mol. The molecule has 6 nitrogen and oxygen atoms in total. The Morgan fingerprint density at radius 2 is 0.671 bits per heavy atom. The minimum atomic E-state index is -0.852. The van der Waals surface area contributed by atoms with Crippen molar-refractivity contribution in [3.05, 3.63) is 36.5 Å². The van der Waals surface area contributed by atoms with Crippen LogP contribution in [0, 0.1) is 0 Å². The lowest BCUT2D eigenvalue weighted by Gasteiger charge is -2.20. The topological polar surface area (TPSA) is 95.9 Å². The summed E-state index contributed by atoms with van der Waals surface area (Å²) >= 11 is 0. The van der Waals surface area contributed by atoms with Crippen molar-refractivity contribution in [2.24, 2.45) is 0 Å². The van der Waals surface area contributed by atoms with Crippen LogP contribution in [0.1, 0.15) is 335 Å². The van der Waals surface area contributed by atoms with E-state index in [4.69, 9.17) is 4.74 Å². The first-order valence-corrected chi connectivity index (χ1v) is 31.3. The molecule has 0 aliphatic heterocycles. The Morgan fingerprint density at radius 1 is 0.386 bits per heavy atom. The van der Waals surface area contributed by atoms with E-state index in [0.29, 0.717) is 19.4 Å². The molecule has 2 unspecified atom stereocenters. The largest absolute Gasteiger partial charge is 0.466 e. The van der Waals surface area contributed by atoms with Crippen molar-refractivity contribution in [3.63, 3.8) is 0 Å². The van der Waals surface area contributed by atoms with Crippen LogP contribution in [-0.2, 0) is 14.3 Å². The van der Waals surface area contributed by atoms with Gasteiger partial charge in [-0.2, -0.15) is 0 Å². The maximum atomic E-state index is 12.5. The summed E-state index contributed by atoms with van der Waals surface area (Å²) in [5.41, 5.74) is 0. The van der Waals surface area contributed by atoms with Gasteiger partial charge in [-0.05, 0) is 83.5 Å². The van der Waals surface area contributed by atoms with Crippen LogP contribution in [-0.4, -0.2) is 47.4 Å². The molecule has 0 aliphatic rings. The van der Waals surface area contributed by atoms with Gasteiger partial charge in [0.1, 0.15) is 0 Å². The number of aliphatic hydroxyl groups excluding tert-OH is 2. The highest BCUT2D eigenvalue weighted by atomic mass is 16.5. The van der Waals surface area contributed by atoms with E-state index in [1.54, 1.807) is 6.08 Å². The number of esters is 1. The van der Waals surface area contributed by atoms with E-state index in [-0.39, 0.29) is 18.5 Å². The van der Waals surface area contributed by atoms with Crippen molar-refractivity contribution in [1.82, 2.24) is 5.32 Å². The molecule has 412 valence electrons. The first kappa shape index (κ1) is 68.1. The average Bonchev–Trinajstić information content (AvgIpc) is 3.36. The number of hydrogen-bond acceptors (Lipinski definition) is 5. The number of allylic oxidation sites excluding steroid dienone is 5. The van der Waals surface area contributed by atoms with Crippen molar-refractivity contribution in [2.75, 3.05) is 13.2 Å².